The molecule has 0 unspecified atom stereocenters. The van der Waals surface area contributed by atoms with Gasteiger partial charge in [0.1, 0.15) is 27.7 Å². The number of rotatable bonds is 0. The van der Waals surface area contributed by atoms with Crippen LogP contribution in [0.1, 0.15) is 79.0 Å². The Bertz CT molecular complexity index is 1450. The van der Waals surface area contributed by atoms with Gasteiger partial charge in [0.15, 0.2) is 0 Å². The molecule has 0 N–H and O–H groups in total. The highest BCUT2D eigenvalue weighted by atomic mass is 15.1. The molecule has 0 saturated heterocycles. The molecule has 0 saturated carbocycles. The van der Waals surface area contributed by atoms with E-state index in [-0.39, 0.29) is 21.7 Å². The summed E-state index contributed by atoms with van der Waals surface area (Å²) in [4.78, 5) is 10.0. The Balaban J connectivity index is 2.03. The monoisotopic (exact) mass is 419 g/mol. The van der Waals surface area contributed by atoms with E-state index in [4.69, 9.17) is 25.7 Å². The first-order valence-corrected chi connectivity index (χ1v) is 11.5. The normalized spacial score (nSPS) is 19.2. The van der Waals surface area contributed by atoms with E-state index in [1.165, 1.54) is 11.1 Å². The Kier molecular flexibility index (Phi) is 4.03. The second-order valence-corrected chi connectivity index (χ2v) is 12.2. The van der Waals surface area contributed by atoms with E-state index in [0.717, 1.165) is 33.1 Å². The molecule has 160 valence electrons. The predicted molar refractivity (Wildman–Crippen MR) is 137 cm³/mol. The fraction of sp³-hybridized carbons (Fsp3) is 0.481. The summed E-state index contributed by atoms with van der Waals surface area (Å²) in [6, 6.07) is 6.37. The summed E-state index contributed by atoms with van der Waals surface area (Å²) in [6.07, 6.45) is 1.92. The topological polar surface area (TPSA) is 30.2 Å². The molecule has 0 spiro atoms. The maximum Gasteiger partial charge on any atom is 0.148 e. The van der Waals surface area contributed by atoms with Crippen molar-refractivity contribution in [2.24, 2.45) is 5.41 Å². The van der Waals surface area contributed by atoms with Crippen LogP contribution < -0.4 is 10.9 Å². The molecule has 2 heterocycles. The molecule has 4 aromatic rings. The number of fused-ring (bicyclic) bond motifs is 7. The van der Waals surface area contributed by atoms with Crippen LogP contribution in [0, 0.1) is 5.41 Å². The van der Waals surface area contributed by atoms with Crippen LogP contribution in [0.15, 0.2) is 24.5 Å². The van der Waals surface area contributed by atoms with Crippen LogP contribution in [0.4, 0.5) is 0 Å². The first-order chi connectivity index (χ1) is 14.6. The number of aromatic nitrogens is 3. The summed E-state index contributed by atoms with van der Waals surface area (Å²) in [5.41, 5.74) is 8.22. The maximum absolute atomic E-state index is 6.74. The highest BCUT2D eigenvalue weighted by molar-refractivity contribution is 6.53. The summed E-state index contributed by atoms with van der Waals surface area (Å²) in [7, 11) is 13.4. The smallest absolute Gasteiger partial charge is 0.148 e. The number of hydrogen-bond acceptors (Lipinski definition) is 2. The lowest BCUT2D eigenvalue weighted by atomic mass is 9.58. The van der Waals surface area contributed by atoms with Gasteiger partial charge in [-0.1, -0.05) is 85.4 Å². The summed E-state index contributed by atoms with van der Waals surface area (Å²) >= 11 is 0. The molecule has 1 aliphatic carbocycles. The Morgan fingerprint density at radius 3 is 2.09 bits per heavy atom. The molecule has 0 fully saturated rings. The molecule has 0 amide bonds. The van der Waals surface area contributed by atoms with Crippen molar-refractivity contribution in [1.29, 1.82) is 0 Å². The molecule has 0 aliphatic heterocycles. The predicted octanol–water partition coefficient (Wildman–Crippen LogP) is 4.52. The zero-order valence-corrected chi connectivity index (χ0v) is 20.8. The number of para-hydroxylation sites is 1. The van der Waals surface area contributed by atoms with Crippen LogP contribution in [0.3, 0.4) is 0 Å². The van der Waals surface area contributed by atoms with Crippen molar-refractivity contribution in [3.63, 3.8) is 0 Å². The first kappa shape index (κ1) is 21.6. The second kappa shape index (κ2) is 5.98. The van der Waals surface area contributed by atoms with Gasteiger partial charge in [0, 0.05) is 5.39 Å². The average Bonchev–Trinajstić information content (AvgIpc) is 3.12. The Morgan fingerprint density at radius 2 is 1.47 bits per heavy atom. The highest BCUT2D eigenvalue weighted by Gasteiger charge is 2.58. The minimum absolute atomic E-state index is 0.0163. The molecule has 2 aromatic carbocycles. The van der Waals surface area contributed by atoms with Crippen molar-refractivity contribution in [3.05, 3.63) is 41.2 Å². The van der Waals surface area contributed by atoms with Gasteiger partial charge in [-0.15, -0.1) is 0 Å². The van der Waals surface area contributed by atoms with Crippen molar-refractivity contribution in [1.82, 2.24) is 14.4 Å². The third-order valence-corrected chi connectivity index (χ3v) is 8.97. The highest BCUT2D eigenvalue weighted by Crippen LogP contribution is 2.62. The van der Waals surface area contributed by atoms with E-state index in [9.17, 15) is 0 Å². The molecule has 0 bridgehead atoms. The molecule has 3 nitrogen and oxygen atoms in total. The molecule has 2 aromatic heterocycles. The summed E-state index contributed by atoms with van der Waals surface area (Å²) in [5.74, 6) is 0. The fourth-order valence-corrected chi connectivity index (χ4v) is 5.92. The molecule has 32 heavy (non-hydrogen) atoms. The zero-order chi connectivity index (χ0) is 23.6. The quantitative estimate of drug-likeness (QED) is 0.393. The molecule has 0 atom stereocenters. The van der Waals surface area contributed by atoms with Gasteiger partial charge >= 0.3 is 0 Å². The number of nitrogens with zero attached hydrogens (tertiary/aromatic N) is 3. The molecular formula is C27H31B2N3. The minimum atomic E-state index is -0.147. The number of imidazole rings is 1. The SMILES string of the molecule is [B]c1c2c(c3c(nc4c5cccc(C(C)(C)C)c5ncn43)c1[B])C(C)(C)C(C)(C)C2(C)C. The van der Waals surface area contributed by atoms with Gasteiger partial charge in [-0.05, 0) is 44.4 Å². The summed E-state index contributed by atoms with van der Waals surface area (Å²) < 4.78 is 2.14. The van der Waals surface area contributed by atoms with Gasteiger partial charge in [0.2, 0.25) is 0 Å². The van der Waals surface area contributed by atoms with E-state index >= 15 is 0 Å². The van der Waals surface area contributed by atoms with Crippen molar-refractivity contribution < 1.29 is 0 Å². The van der Waals surface area contributed by atoms with E-state index in [1.54, 1.807) is 0 Å². The van der Waals surface area contributed by atoms with E-state index in [1.807, 2.05) is 6.33 Å². The molecule has 5 rings (SSSR count). The van der Waals surface area contributed by atoms with Gasteiger partial charge in [0.25, 0.3) is 0 Å². The van der Waals surface area contributed by atoms with Crippen LogP contribution in [-0.4, -0.2) is 30.1 Å². The van der Waals surface area contributed by atoms with Crippen LogP contribution in [0.25, 0.3) is 27.6 Å². The largest absolute Gasteiger partial charge is 0.282 e. The Labute approximate surface area is 193 Å². The zero-order valence-electron chi connectivity index (χ0n) is 20.8. The third kappa shape index (κ3) is 2.30. The molecule has 1 aliphatic rings. The lowest BCUT2D eigenvalue weighted by Crippen LogP contribution is -2.44. The lowest BCUT2D eigenvalue weighted by Gasteiger charge is -2.44. The van der Waals surface area contributed by atoms with E-state index in [2.05, 4.69) is 84.9 Å². The fourth-order valence-electron chi connectivity index (χ4n) is 5.92. The lowest BCUT2D eigenvalue weighted by molar-refractivity contribution is 0.126. The van der Waals surface area contributed by atoms with Crippen molar-refractivity contribution in [2.75, 3.05) is 0 Å². The molecule has 5 heteroatoms. The minimum Gasteiger partial charge on any atom is -0.282 e. The van der Waals surface area contributed by atoms with Crippen LogP contribution in [0.2, 0.25) is 0 Å². The van der Waals surface area contributed by atoms with Gasteiger partial charge in [-0.3, -0.25) is 4.40 Å². The van der Waals surface area contributed by atoms with Gasteiger partial charge in [-0.25, -0.2) is 9.97 Å². The van der Waals surface area contributed by atoms with Crippen LogP contribution in [-0.2, 0) is 16.2 Å². The number of hydrogen-bond donors (Lipinski definition) is 0. The Hall–Kier alpha value is -2.29. The van der Waals surface area contributed by atoms with Crippen molar-refractivity contribution in [3.8, 4) is 0 Å². The Morgan fingerprint density at radius 1 is 0.844 bits per heavy atom. The third-order valence-electron chi connectivity index (χ3n) is 8.97. The van der Waals surface area contributed by atoms with Gasteiger partial charge in [0.05, 0.1) is 16.6 Å². The number of benzene rings is 2. The van der Waals surface area contributed by atoms with Crippen LogP contribution >= 0.6 is 0 Å². The molecule has 4 radical (unpaired) electrons. The summed E-state index contributed by atoms with van der Waals surface area (Å²) in [5, 5.41) is 1.04. The second-order valence-electron chi connectivity index (χ2n) is 12.2. The summed E-state index contributed by atoms with van der Waals surface area (Å²) in [6.45, 7) is 20.5. The average molecular weight is 419 g/mol. The van der Waals surface area contributed by atoms with Crippen LogP contribution in [0.5, 0.6) is 0 Å². The van der Waals surface area contributed by atoms with E-state index < -0.39 is 0 Å². The molecular weight excluding hydrogens is 388 g/mol. The van der Waals surface area contributed by atoms with Gasteiger partial charge < -0.3 is 0 Å². The van der Waals surface area contributed by atoms with Crippen molar-refractivity contribution >= 4 is 54.2 Å². The van der Waals surface area contributed by atoms with Gasteiger partial charge in [-0.2, -0.15) is 0 Å². The maximum atomic E-state index is 6.74. The van der Waals surface area contributed by atoms with Crippen molar-refractivity contribution in [2.45, 2.75) is 78.6 Å². The standard InChI is InChI=1S/C27H31B2N3/c1-24(2,3)15-12-10-11-14-20(15)30-13-32-22-17-16(18(28)19(29)21(22)31-23(14)32)25(4,5)27(8,9)26(17,6)7/h10-13H,1-9H3. The van der Waals surface area contributed by atoms with E-state index in [0.29, 0.717) is 10.9 Å². The first-order valence-electron chi connectivity index (χ1n) is 11.5.